The SMILES string of the molecule is Cc1cc(C=NNc2nc(N)cs2)c(O)c([N+](=O)[O-])c1. The minimum atomic E-state index is -0.644. The van der Waals surface area contributed by atoms with Crippen molar-refractivity contribution in [3.8, 4) is 5.75 Å². The Morgan fingerprint density at radius 2 is 2.35 bits per heavy atom. The third kappa shape index (κ3) is 3.01. The third-order valence-corrected chi connectivity index (χ3v) is 3.11. The number of rotatable bonds is 4. The molecule has 0 bridgehead atoms. The zero-order valence-corrected chi connectivity index (χ0v) is 11.2. The van der Waals surface area contributed by atoms with Gasteiger partial charge in [-0.2, -0.15) is 5.10 Å². The first-order valence-electron chi connectivity index (χ1n) is 5.45. The summed E-state index contributed by atoms with van der Waals surface area (Å²) in [4.78, 5) is 14.1. The number of hydrogen-bond acceptors (Lipinski definition) is 8. The van der Waals surface area contributed by atoms with Gasteiger partial charge in [0.25, 0.3) is 0 Å². The molecule has 4 N–H and O–H groups in total. The molecular formula is C11H11N5O3S. The fourth-order valence-electron chi connectivity index (χ4n) is 1.52. The number of phenols is 1. The maximum absolute atomic E-state index is 10.8. The molecule has 0 fully saturated rings. The quantitative estimate of drug-likeness (QED) is 0.450. The molecule has 0 aliphatic carbocycles. The minimum Gasteiger partial charge on any atom is -0.502 e. The predicted octanol–water partition coefficient (Wildman–Crippen LogP) is 2.09. The van der Waals surface area contributed by atoms with Crippen LogP contribution in [0.4, 0.5) is 16.6 Å². The van der Waals surface area contributed by atoms with Gasteiger partial charge < -0.3 is 10.8 Å². The van der Waals surface area contributed by atoms with Gasteiger partial charge in [0, 0.05) is 17.0 Å². The van der Waals surface area contributed by atoms with E-state index in [2.05, 4.69) is 15.5 Å². The van der Waals surface area contributed by atoms with Crippen LogP contribution in [0.5, 0.6) is 5.75 Å². The molecule has 1 aromatic carbocycles. The van der Waals surface area contributed by atoms with Crippen molar-refractivity contribution in [2.24, 2.45) is 5.10 Å². The van der Waals surface area contributed by atoms with E-state index in [-0.39, 0.29) is 11.3 Å². The molecular weight excluding hydrogens is 282 g/mol. The van der Waals surface area contributed by atoms with Crippen molar-refractivity contribution in [2.45, 2.75) is 6.92 Å². The molecule has 1 heterocycles. The first-order chi connectivity index (χ1) is 9.47. The van der Waals surface area contributed by atoms with E-state index in [0.717, 1.165) is 0 Å². The van der Waals surface area contributed by atoms with E-state index in [1.54, 1.807) is 18.4 Å². The summed E-state index contributed by atoms with van der Waals surface area (Å²) >= 11 is 1.27. The van der Waals surface area contributed by atoms with Crippen LogP contribution in [0.25, 0.3) is 0 Å². The van der Waals surface area contributed by atoms with Crippen LogP contribution in [-0.2, 0) is 0 Å². The average molecular weight is 293 g/mol. The molecule has 0 saturated carbocycles. The van der Waals surface area contributed by atoms with Crippen LogP contribution >= 0.6 is 11.3 Å². The van der Waals surface area contributed by atoms with Gasteiger partial charge in [0.2, 0.25) is 10.9 Å². The maximum Gasteiger partial charge on any atom is 0.311 e. The summed E-state index contributed by atoms with van der Waals surface area (Å²) in [7, 11) is 0. The minimum absolute atomic E-state index is 0.244. The number of hydrogen-bond donors (Lipinski definition) is 3. The van der Waals surface area contributed by atoms with Crippen molar-refractivity contribution in [3.63, 3.8) is 0 Å². The first-order valence-corrected chi connectivity index (χ1v) is 6.33. The van der Waals surface area contributed by atoms with Crippen molar-refractivity contribution in [1.29, 1.82) is 0 Å². The number of hydrazone groups is 1. The third-order valence-electron chi connectivity index (χ3n) is 2.35. The summed E-state index contributed by atoms with van der Waals surface area (Å²) in [5, 5.41) is 26.6. The second-order valence-corrected chi connectivity index (χ2v) is 4.78. The molecule has 9 heteroatoms. The van der Waals surface area contributed by atoms with Gasteiger partial charge in [-0.15, -0.1) is 11.3 Å². The number of benzene rings is 1. The number of nitrogens with one attached hydrogen (secondary N) is 1. The fourth-order valence-corrected chi connectivity index (χ4v) is 2.07. The normalized spacial score (nSPS) is 10.8. The number of nitrogen functional groups attached to an aromatic ring is 1. The Labute approximate surface area is 117 Å². The van der Waals surface area contributed by atoms with E-state index < -0.39 is 10.7 Å². The van der Waals surface area contributed by atoms with E-state index >= 15 is 0 Å². The lowest BCUT2D eigenvalue weighted by molar-refractivity contribution is -0.385. The summed E-state index contributed by atoms with van der Waals surface area (Å²) in [6, 6.07) is 2.88. The van der Waals surface area contributed by atoms with Gasteiger partial charge in [-0.05, 0) is 18.6 Å². The van der Waals surface area contributed by atoms with Crippen molar-refractivity contribution in [2.75, 3.05) is 11.2 Å². The van der Waals surface area contributed by atoms with Gasteiger partial charge in [0.1, 0.15) is 5.82 Å². The van der Waals surface area contributed by atoms with Crippen LogP contribution in [0.2, 0.25) is 0 Å². The number of aromatic nitrogens is 1. The second kappa shape index (κ2) is 5.53. The molecule has 0 aliphatic rings. The van der Waals surface area contributed by atoms with Crippen molar-refractivity contribution in [1.82, 2.24) is 4.98 Å². The van der Waals surface area contributed by atoms with Crippen LogP contribution in [0.3, 0.4) is 0 Å². The van der Waals surface area contributed by atoms with E-state index in [1.807, 2.05) is 0 Å². The Bertz CT molecular complexity index is 683. The summed E-state index contributed by atoms with van der Waals surface area (Å²) in [5.74, 6) is -0.0495. The highest BCUT2D eigenvalue weighted by Gasteiger charge is 2.16. The Hall–Kier alpha value is -2.68. The smallest absolute Gasteiger partial charge is 0.311 e. The number of aromatic hydroxyl groups is 1. The van der Waals surface area contributed by atoms with E-state index in [1.165, 1.54) is 23.6 Å². The molecule has 0 atom stereocenters. The summed E-state index contributed by atoms with van der Waals surface area (Å²) < 4.78 is 0. The molecule has 2 aromatic rings. The molecule has 2 rings (SSSR count). The lowest BCUT2D eigenvalue weighted by atomic mass is 10.1. The molecule has 20 heavy (non-hydrogen) atoms. The molecule has 0 radical (unpaired) electrons. The van der Waals surface area contributed by atoms with Crippen molar-refractivity contribution >= 4 is 34.2 Å². The second-order valence-electron chi connectivity index (χ2n) is 3.93. The lowest BCUT2D eigenvalue weighted by Crippen LogP contribution is -1.95. The Balaban J connectivity index is 2.22. The highest BCUT2D eigenvalue weighted by molar-refractivity contribution is 7.14. The Morgan fingerprint density at radius 1 is 1.60 bits per heavy atom. The average Bonchev–Trinajstić information content (AvgIpc) is 2.78. The Morgan fingerprint density at radius 3 is 2.95 bits per heavy atom. The van der Waals surface area contributed by atoms with Gasteiger partial charge in [0.05, 0.1) is 11.1 Å². The molecule has 1 aromatic heterocycles. The van der Waals surface area contributed by atoms with E-state index in [0.29, 0.717) is 16.5 Å². The topological polar surface area (TPSA) is 127 Å². The maximum atomic E-state index is 10.8. The molecule has 0 amide bonds. The Kier molecular flexibility index (Phi) is 3.80. The standard InChI is InChI=1S/C11H11N5O3S/c1-6-2-7(10(17)8(3-6)16(18)19)4-13-15-11-14-9(12)5-20-11/h2-5,17H,12H2,1H3,(H,14,15). The van der Waals surface area contributed by atoms with Crippen LogP contribution in [-0.4, -0.2) is 21.2 Å². The number of thiazole rings is 1. The van der Waals surface area contributed by atoms with E-state index in [4.69, 9.17) is 5.73 Å². The number of nitrogens with two attached hydrogens (primary N) is 1. The number of phenolic OH excluding ortho intramolecular Hbond substituents is 1. The number of nitro benzene ring substituents is 1. The monoisotopic (exact) mass is 293 g/mol. The number of aryl methyl sites for hydroxylation is 1. The van der Waals surface area contributed by atoms with Gasteiger partial charge in [0.15, 0.2) is 0 Å². The fraction of sp³-hybridized carbons (Fsp3) is 0.0909. The first kappa shape index (κ1) is 13.7. The van der Waals surface area contributed by atoms with Gasteiger partial charge in [-0.25, -0.2) is 4.98 Å². The van der Waals surface area contributed by atoms with Crippen molar-refractivity contribution in [3.05, 3.63) is 38.8 Å². The molecule has 8 nitrogen and oxygen atoms in total. The summed E-state index contributed by atoms with van der Waals surface area (Å²) in [5.41, 5.74) is 8.61. The van der Waals surface area contributed by atoms with Crippen LogP contribution < -0.4 is 11.2 Å². The molecule has 0 saturated heterocycles. The largest absolute Gasteiger partial charge is 0.502 e. The highest BCUT2D eigenvalue weighted by Crippen LogP contribution is 2.30. The summed E-state index contributed by atoms with van der Waals surface area (Å²) in [6.45, 7) is 1.69. The van der Waals surface area contributed by atoms with Crippen LogP contribution in [0.15, 0.2) is 22.6 Å². The van der Waals surface area contributed by atoms with Gasteiger partial charge >= 0.3 is 5.69 Å². The summed E-state index contributed by atoms with van der Waals surface area (Å²) in [6.07, 6.45) is 1.28. The number of nitro groups is 1. The zero-order chi connectivity index (χ0) is 14.7. The van der Waals surface area contributed by atoms with Crippen molar-refractivity contribution < 1.29 is 10.0 Å². The number of nitrogens with zero attached hydrogens (tertiary/aromatic N) is 3. The molecule has 104 valence electrons. The molecule has 0 aliphatic heterocycles. The van der Waals surface area contributed by atoms with Crippen LogP contribution in [0.1, 0.15) is 11.1 Å². The van der Waals surface area contributed by atoms with Gasteiger partial charge in [-0.1, -0.05) is 0 Å². The highest BCUT2D eigenvalue weighted by atomic mass is 32.1. The van der Waals surface area contributed by atoms with Gasteiger partial charge in [-0.3, -0.25) is 15.5 Å². The predicted molar refractivity (Wildman–Crippen MR) is 77.2 cm³/mol. The number of anilines is 2. The molecule has 0 spiro atoms. The van der Waals surface area contributed by atoms with Crippen LogP contribution in [0, 0.1) is 17.0 Å². The molecule has 0 unspecified atom stereocenters. The zero-order valence-electron chi connectivity index (χ0n) is 10.4. The lowest BCUT2D eigenvalue weighted by Gasteiger charge is -2.02. The van der Waals surface area contributed by atoms with E-state index in [9.17, 15) is 15.2 Å².